The van der Waals surface area contributed by atoms with E-state index in [2.05, 4.69) is 4.90 Å². The zero-order valence-electron chi connectivity index (χ0n) is 14.4. The topological polar surface area (TPSA) is 43.8 Å². The Morgan fingerprint density at radius 2 is 1.79 bits per heavy atom. The molecule has 2 saturated heterocycles. The van der Waals surface area contributed by atoms with Crippen molar-refractivity contribution in [2.75, 3.05) is 26.7 Å². The Kier molecular flexibility index (Phi) is 5.21. The molecule has 5 heteroatoms. The van der Waals surface area contributed by atoms with E-state index < -0.39 is 5.60 Å². The van der Waals surface area contributed by atoms with Gasteiger partial charge >= 0.3 is 0 Å². The lowest BCUT2D eigenvalue weighted by Crippen LogP contribution is -2.52. The monoisotopic (exact) mass is 334 g/mol. The number of carbonyl (C=O) groups is 1. The van der Waals surface area contributed by atoms with Gasteiger partial charge in [-0.1, -0.05) is 25.0 Å². The fraction of sp³-hybridized carbons (Fsp3) is 0.632. The van der Waals surface area contributed by atoms with Crippen molar-refractivity contribution < 1.29 is 14.3 Å². The average Bonchev–Trinajstić information content (AvgIpc) is 2.80. The van der Waals surface area contributed by atoms with E-state index >= 15 is 0 Å². The second-order valence-electron chi connectivity index (χ2n) is 7.21. The summed E-state index contributed by atoms with van der Waals surface area (Å²) in [5.74, 6) is -0.105. The third-order valence-corrected chi connectivity index (χ3v) is 5.59. The van der Waals surface area contributed by atoms with Crippen LogP contribution >= 0.6 is 0 Å². The van der Waals surface area contributed by atoms with Crippen LogP contribution in [0.4, 0.5) is 4.39 Å². The molecular formula is C19H27FN2O2. The highest BCUT2D eigenvalue weighted by molar-refractivity contribution is 5.82. The summed E-state index contributed by atoms with van der Waals surface area (Å²) in [6.07, 6.45) is 5.38. The predicted molar refractivity (Wildman–Crippen MR) is 91.0 cm³/mol. The van der Waals surface area contributed by atoms with Gasteiger partial charge < -0.3 is 10.0 Å². The predicted octanol–water partition coefficient (Wildman–Crippen LogP) is 2.51. The average molecular weight is 334 g/mol. The number of carbonyl (C=O) groups excluding carboxylic acids is 1. The molecule has 1 N–H and O–H groups in total. The number of hydrogen-bond donors (Lipinski definition) is 1. The first-order chi connectivity index (χ1) is 11.5. The van der Waals surface area contributed by atoms with Crippen molar-refractivity contribution in [3.63, 3.8) is 0 Å². The fourth-order valence-electron chi connectivity index (χ4n) is 3.92. The van der Waals surface area contributed by atoms with Gasteiger partial charge in [-0.05, 0) is 57.0 Å². The standard InChI is InChI=1S/C19H27FN2O2/c1-21-12-4-2-3-5-17(21)18(23)22-13-10-19(24,11-14-22)15-6-8-16(20)9-7-15/h6-9,17,24H,2-5,10-14H2,1H3/t17-/m0/s1. The number of nitrogens with zero attached hydrogens (tertiary/aromatic N) is 2. The molecule has 0 aliphatic carbocycles. The summed E-state index contributed by atoms with van der Waals surface area (Å²) in [4.78, 5) is 16.9. The minimum atomic E-state index is -0.958. The number of rotatable bonds is 2. The van der Waals surface area contributed by atoms with E-state index in [1.807, 2.05) is 11.9 Å². The van der Waals surface area contributed by atoms with Crippen LogP contribution in [0.15, 0.2) is 24.3 Å². The molecule has 0 saturated carbocycles. The molecule has 0 bridgehead atoms. The number of amides is 1. The highest BCUT2D eigenvalue weighted by Gasteiger charge is 2.37. The first kappa shape index (κ1) is 17.4. The van der Waals surface area contributed by atoms with Gasteiger partial charge in [-0.2, -0.15) is 0 Å². The second-order valence-corrected chi connectivity index (χ2v) is 7.21. The van der Waals surface area contributed by atoms with Crippen molar-refractivity contribution in [2.24, 2.45) is 0 Å². The molecule has 2 aliphatic rings. The summed E-state index contributed by atoms with van der Waals surface area (Å²) in [5, 5.41) is 10.9. The molecule has 1 amide bonds. The molecule has 1 atom stereocenters. The Hall–Kier alpha value is -1.46. The maximum atomic E-state index is 13.1. The van der Waals surface area contributed by atoms with Crippen LogP contribution in [0.25, 0.3) is 0 Å². The van der Waals surface area contributed by atoms with Crippen molar-refractivity contribution in [1.29, 1.82) is 0 Å². The molecule has 0 spiro atoms. The van der Waals surface area contributed by atoms with Gasteiger partial charge in [0.2, 0.25) is 5.91 Å². The maximum Gasteiger partial charge on any atom is 0.239 e. The molecule has 2 fully saturated rings. The molecule has 2 aliphatic heterocycles. The SMILES string of the molecule is CN1CCCCC[C@H]1C(=O)N1CCC(O)(c2ccc(F)cc2)CC1. The summed E-state index contributed by atoms with van der Waals surface area (Å²) in [6.45, 7) is 2.08. The van der Waals surface area contributed by atoms with Gasteiger partial charge in [0, 0.05) is 13.1 Å². The molecule has 2 heterocycles. The molecular weight excluding hydrogens is 307 g/mol. The van der Waals surface area contributed by atoms with Crippen molar-refractivity contribution in [1.82, 2.24) is 9.80 Å². The molecule has 0 aromatic heterocycles. The van der Waals surface area contributed by atoms with Gasteiger partial charge in [0.1, 0.15) is 5.82 Å². The molecule has 4 nitrogen and oxygen atoms in total. The van der Waals surface area contributed by atoms with Crippen LogP contribution in [0.1, 0.15) is 44.1 Å². The largest absolute Gasteiger partial charge is 0.385 e. The number of piperidine rings is 1. The Bertz CT molecular complexity index is 567. The van der Waals surface area contributed by atoms with E-state index in [-0.39, 0.29) is 17.8 Å². The lowest BCUT2D eigenvalue weighted by molar-refractivity contribution is -0.141. The Morgan fingerprint density at radius 3 is 2.46 bits per heavy atom. The zero-order valence-corrected chi connectivity index (χ0v) is 14.4. The highest BCUT2D eigenvalue weighted by Crippen LogP contribution is 2.33. The Labute approximate surface area is 143 Å². The first-order valence-corrected chi connectivity index (χ1v) is 8.97. The third kappa shape index (κ3) is 3.62. The lowest BCUT2D eigenvalue weighted by Gasteiger charge is -2.40. The summed E-state index contributed by atoms with van der Waals surface area (Å²) in [6, 6.07) is 6.03. The lowest BCUT2D eigenvalue weighted by atomic mass is 9.84. The van der Waals surface area contributed by atoms with Gasteiger partial charge in [-0.25, -0.2) is 4.39 Å². The van der Waals surface area contributed by atoms with Gasteiger partial charge in [-0.3, -0.25) is 9.69 Å². The van der Waals surface area contributed by atoms with Crippen LogP contribution in [0.3, 0.4) is 0 Å². The number of likely N-dealkylation sites (N-methyl/N-ethyl adjacent to an activating group) is 1. The van der Waals surface area contributed by atoms with E-state index in [1.54, 1.807) is 12.1 Å². The number of benzene rings is 1. The normalized spacial score (nSPS) is 25.3. The second kappa shape index (κ2) is 7.19. The van der Waals surface area contributed by atoms with Gasteiger partial charge in [-0.15, -0.1) is 0 Å². The summed E-state index contributed by atoms with van der Waals surface area (Å²) >= 11 is 0. The number of hydrogen-bond acceptors (Lipinski definition) is 3. The molecule has 24 heavy (non-hydrogen) atoms. The minimum absolute atomic E-state index is 0.0236. The van der Waals surface area contributed by atoms with Crippen molar-refractivity contribution in [3.05, 3.63) is 35.6 Å². The van der Waals surface area contributed by atoms with Crippen molar-refractivity contribution >= 4 is 5.91 Å². The quantitative estimate of drug-likeness (QED) is 0.904. The summed E-state index contributed by atoms with van der Waals surface area (Å²) in [5.41, 5.74) is -0.220. The zero-order chi connectivity index (χ0) is 17.2. The summed E-state index contributed by atoms with van der Waals surface area (Å²) < 4.78 is 13.1. The molecule has 1 aromatic carbocycles. The molecule has 1 aromatic rings. The fourth-order valence-corrected chi connectivity index (χ4v) is 3.92. The van der Waals surface area contributed by atoms with Crippen LogP contribution in [0.5, 0.6) is 0 Å². The Balaban J connectivity index is 1.63. The van der Waals surface area contributed by atoms with Gasteiger partial charge in [0.05, 0.1) is 11.6 Å². The number of aliphatic hydroxyl groups is 1. The number of halogens is 1. The van der Waals surface area contributed by atoms with Crippen LogP contribution < -0.4 is 0 Å². The van der Waals surface area contributed by atoms with E-state index in [0.717, 1.165) is 31.4 Å². The van der Waals surface area contributed by atoms with Gasteiger partial charge in [0.15, 0.2) is 0 Å². The van der Waals surface area contributed by atoms with Crippen LogP contribution in [-0.4, -0.2) is 53.5 Å². The Morgan fingerprint density at radius 1 is 1.12 bits per heavy atom. The molecule has 0 radical (unpaired) electrons. The highest BCUT2D eigenvalue weighted by atomic mass is 19.1. The van der Waals surface area contributed by atoms with Gasteiger partial charge in [0.25, 0.3) is 0 Å². The van der Waals surface area contributed by atoms with Crippen LogP contribution in [0, 0.1) is 5.82 Å². The first-order valence-electron chi connectivity index (χ1n) is 8.97. The van der Waals surface area contributed by atoms with E-state index in [1.165, 1.54) is 18.6 Å². The maximum absolute atomic E-state index is 13.1. The third-order valence-electron chi connectivity index (χ3n) is 5.59. The van der Waals surface area contributed by atoms with E-state index in [0.29, 0.717) is 25.9 Å². The van der Waals surface area contributed by atoms with Crippen LogP contribution in [-0.2, 0) is 10.4 Å². The summed E-state index contributed by atoms with van der Waals surface area (Å²) in [7, 11) is 2.03. The van der Waals surface area contributed by atoms with Crippen LogP contribution in [0.2, 0.25) is 0 Å². The molecule has 132 valence electrons. The number of likely N-dealkylation sites (tertiary alicyclic amines) is 2. The van der Waals surface area contributed by atoms with Crippen molar-refractivity contribution in [3.8, 4) is 0 Å². The van der Waals surface area contributed by atoms with E-state index in [9.17, 15) is 14.3 Å². The molecule has 3 rings (SSSR count). The van der Waals surface area contributed by atoms with Crippen molar-refractivity contribution in [2.45, 2.75) is 50.2 Å². The minimum Gasteiger partial charge on any atom is -0.385 e. The molecule has 0 unspecified atom stereocenters. The van der Waals surface area contributed by atoms with E-state index in [4.69, 9.17) is 0 Å². The smallest absolute Gasteiger partial charge is 0.239 e.